The molecule has 4 heteroatoms. The minimum atomic E-state index is 0.0254. The SMILES string of the molecule is Cc1ccc(Oc2cccc([NH+](C)[O-])c2)cn1. The fourth-order valence-electron chi connectivity index (χ4n) is 1.43. The lowest BCUT2D eigenvalue weighted by Gasteiger charge is -2.16. The Hall–Kier alpha value is -1.91. The van der Waals surface area contributed by atoms with E-state index in [1.807, 2.05) is 25.1 Å². The lowest BCUT2D eigenvalue weighted by molar-refractivity contribution is -0.751. The van der Waals surface area contributed by atoms with Gasteiger partial charge in [-0.05, 0) is 31.2 Å². The van der Waals surface area contributed by atoms with Crippen LogP contribution in [0.15, 0.2) is 42.6 Å². The number of nitrogens with one attached hydrogen (secondary N) is 1. The second-order valence-corrected chi connectivity index (χ2v) is 3.82. The van der Waals surface area contributed by atoms with Crippen molar-refractivity contribution in [2.24, 2.45) is 0 Å². The molecular formula is C13H14N2O2. The Morgan fingerprint density at radius 2 is 2.00 bits per heavy atom. The average molecular weight is 230 g/mol. The molecule has 2 rings (SSSR count). The fraction of sp³-hybridized carbons (Fsp3) is 0.154. The molecule has 4 nitrogen and oxygen atoms in total. The molecule has 88 valence electrons. The molecule has 0 radical (unpaired) electrons. The van der Waals surface area contributed by atoms with Crippen molar-refractivity contribution in [3.8, 4) is 11.5 Å². The summed E-state index contributed by atoms with van der Waals surface area (Å²) in [5, 5.41) is 11.3. The molecule has 0 aliphatic heterocycles. The normalized spacial score (nSPS) is 12.2. The summed E-state index contributed by atoms with van der Waals surface area (Å²) in [6.45, 7) is 1.92. The summed E-state index contributed by atoms with van der Waals surface area (Å²) in [7, 11) is 1.53. The molecular weight excluding hydrogens is 216 g/mol. The zero-order valence-corrected chi connectivity index (χ0v) is 9.81. The third-order valence-electron chi connectivity index (χ3n) is 2.36. The van der Waals surface area contributed by atoms with Crippen molar-refractivity contribution in [3.63, 3.8) is 0 Å². The van der Waals surface area contributed by atoms with E-state index in [1.165, 1.54) is 7.05 Å². The number of nitrogens with zero attached hydrogens (tertiary/aromatic N) is 1. The zero-order valence-electron chi connectivity index (χ0n) is 9.81. The summed E-state index contributed by atoms with van der Waals surface area (Å²) in [5.74, 6) is 1.31. The van der Waals surface area contributed by atoms with Crippen molar-refractivity contribution in [1.29, 1.82) is 0 Å². The van der Waals surface area contributed by atoms with Gasteiger partial charge in [-0.2, -0.15) is 0 Å². The number of benzene rings is 1. The molecule has 1 aromatic heterocycles. The molecule has 1 aromatic carbocycles. The topological polar surface area (TPSA) is 49.6 Å². The highest BCUT2D eigenvalue weighted by Crippen LogP contribution is 2.22. The second kappa shape index (κ2) is 4.95. The number of quaternary nitrogens is 1. The van der Waals surface area contributed by atoms with Crippen molar-refractivity contribution in [1.82, 2.24) is 4.98 Å². The van der Waals surface area contributed by atoms with Crippen molar-refractivity contribution in [3.05, 3.63) is 53.5 Å². The molecule has 1 N–H and O–H groups in total. The third-order valence-corrected chi connectivity index (χ3v) is 2.36. The molecule has 0 saturated heterocycles. The lowest BCUT2D eigenvalue weighted by atomic mass is 10.3. The third kappa shape index (κ3) is 3.03. The molecule has 1 atom stereocenters. The number of rotatable bonds is 3. The van der Waals surface area contributed by atoms with Gasteiger partial charge in [0.05, 0.1) is 13.2 Å². The molecule has 0 aliphatic carbocycles. The van der Waals surface area contributed by atoms with Crippen LogP contribution in [0.5, 0.6) is 11.5 Å². The number of hydrogen-bond donors (Lipinski definition) is 1. The maximum absolute atomic E-state index is 11.2. The van der Waals surface area contributed by atoms with E-state index >= 15 is 0 Å². The maximum atomic E-state index is 11.2. The Balaban J connectivity index is 2.18. The van der Waals surface area contributed by atoms with Crippen LogP contribution in [0.25, 0.3) is 0 Å². The fourth-order valence-corrected chi connectivity index (χ4v) is 1.43. The van der Waals surface area contributed by atoms with E-state index in [9.17, 15) is 5.21 Å². The van der Waals surface area contributed by atoms with E-state index in [1.54, 1.807) is 24.4 Å². The molecule has 1 heterocycles. The molecule has 2 aromatic rings. The van der Waals surface area contributed by atoms with Crippen LogP contribution in [-0.4, -0.2) is 12.0 Å². The van der Waals surface area contributed by atoms with Crippen LogP contribution in [0.1, 0.15) is 5.69 Å². The van der Waals surface area contributed by atoms with Crippen LogP contribution in [0.3, 0.4) is 0 Å². The Kier molecular flexibility index (Phi) is 3.37. The zero-order chi connectivity index (χ0) is 12.3. The summed E-state index contributed by atoms with van der Waals surface area (Å²) in [4.78, 5) is 4.14. The van der Waals surface area contributed by atoms with Crippen molar-refractivity contribution < 1.29 is 9.80 Å². The van der Waals surface area contributed by atoms with Crippen LogP contribution >= 0.6 is 0 Å². The van der Waals surface area contributed by atoms with E-state index in [2.05, 4.69) is 4.98 Å². The molecule has 0 fully saturated rings. The van der Waals surface area contributed by atoms with Crippen LogP contribution in [0.4, 0.5) is 5.69 Å². The highest BCUT2D eigenvalue weighted by atomic mass is 16.5. The summed E-state index contributed by atoms with van der Waals surface area (Å²) in [6.07, 6.45) is 1.66. The Bertz CT molecular complexity index is 495. The van der Waals surface area contributed by atoms with Crippen LogP contribution < -0.4 is 9.80 Å². The number of pyridine rings is 1. The van der Waals surface area contributed by atoms with E-state index in [4.69, 9.17) is 4.74 Å². The summed E-state index contributed by atoms with van der Waals surface area (Å²) >= 11 is 0. The predicted octanol–water partition coefficient (Wildman–Crippen LogP) is 1.83. The summed E-state index contributed by atoms with van der Waals surface area (Å²) in [5.41, 5.74) is 1.58. The number of aromatic nitrogens is 1. The first kappa shape index (κ1) is 11.6. The highest BCUT2D eigenvalue weighted by Gasteiger charge is 2.02. The van der Waals surface area contributed by atoms with E-state index < -0.39 is 0 Å². The Morgan fingerprint density at radius 1 is 1.18 bits per heavy atom. The van der Waals surface area contributed by atoms with Gasteiger partial charge >= 0.3 is 0 Å². The van der Waals surface area contributed by atoms with Gasteiger partial charge in [0.15, 0.2) is 0 Å². The van der Waals surface area contributed by atoms with Crippen LogP contribution in [0, 0.1) is 12.1 Å². The van der Waals surface area contributed by atoms with Gasteiger partial charge in [0, 0.05) is 11.8 Å². The van der Waals surface area contributed by atoms with Gasteiger partial charge in [-0.3, -0.25) is 4.98 Å². The molecule has 0 spiro atoms. The molecule has 1 unspecified atom stereocenters. The highest BCUT2D eigenvalue weighted by molar-refractivity contribution is 5.40. The minimum Gasteiger partial charge on any atom is -0.629 e. The van der Waals surface area contributed by atoms with Gasteiger partial charge in [0.25, 0.3) is 0 Å². The molecule has 0 saturated carbocycles. The molecule has 17 heavy (non-hydrogen) atoms. The molecule has 0 amide bonds. The number of hydrogen-bond acceptors (Lipinski definition) is 3. The van der Waals surface area contributed by atoms with Gasteiger partial charge < -0.3 is 15.0 Å². The van der Waals surface area contributed by atoms with Gasteiger partial charge in [0.1, 0.15) is 17.2 Å². The number of hydroxylamine groups is 1. The number of ether oxygens (including phenoxy) is 1. The van der Waals surface area contributed by atoms with Gasteiger partial charge in [-0.1, -0.05) is 6.07 Å². The standard InChI is InChI=1S/C13H14N2O2/c1-10-6-7-13(9-14-10)17-12-5-3-4-11(8-12)15(2)16/h3-9,15H,1-2H3. The number of aryl methyl sites for hydroxylation is 1. The van der Waals surface area contributed by atoms with Gasteiger partial charge in [-0.25, -0.2) is 0 Å². The Labute approximate surface area is 100 Å². The first-order valence-corrected chi connectivity index (χ1v) is 5.36. The molecule has 0 bridgehead atoms. The van der Waals surface area contributed by atoms with Crippen LogP contribution in [0.2, 0.25) is 0 Å². The van der Waals surface area contributed by atoms with Crippen molar-refractivity contribution in [2.75, 3.05) is 7.05 Å². The maximum Gasteiger partial charge on any atom is 0.145 e. The Morgan fingerprint density at radius 3 is 2.65 bits per heavy atom. The van der Waals surface area contributed by atoms with E-state index in [0.717, 1.165) is 5.69 Å². The summed E-state index contributed by atoms with van der Waals surface area (Å²) in [6, 6.07) is 10.8. The van der Waals surface area contributed by atoms with Gasteiger partial charge in [-0.15, -0.1) is 0 Å². The van der Waals surface area contributed by atoms with Crippen LogP contribution in [-0.2, 0) is 0 Å². The largest absolute Gasteiger partial charge is 0.629 e. The van der Waals surface area contributed by atoms with E-state index in [0.29, 0.717) is 17.2 Å². The first-order chi connectivity index (χ1) is 8.15. The summed E-state index contributed by atoms with van der Waals surface area (Å²) < 4.78 is 5.61. The van der Waals surface area contributed by atoms with E-state index in [-0.39, 0.29) is 5.06 Å². The monoisotopic (exact) mass is 230 g/mol. The van der Waals surface area contributed by atoms with Gasteiger partial charge in [0.2, 0.25) is 0 Å². The first-order valence-electron chi connectivity index (χ1n) is 5.36. The lowest BCUT2D eigenvalue weighted by Crippen LogP contribution is -2.98. The molecule has 0 aliphatic rings. The smallest absolute Gasteiger partial charge is 0.145 e. The quantitative estimate of drug-likeness (QED) is 0.818. The second-order valence-electron chi connectivity index (χ2n) is 3.82. The van der Waals surface area contributed by atoms with Crippen molar-refractivity contribution in [2.45, 2.75) is 6.92 Å². The average Bonchev–Trinajstić information content (AvgIpc) is 2.32. The predicted molar refractivity (Wildman–Crippen MR) is 65.4 cm³/mol. The van der Waals surface area contributed by atoms with Crippen molar-refractivity contribution >= 4 is 5.69 Å². The minimum absolute atomic E-state index is 0.0254.